The number of fused-ring (bicyclic) bond motifs is 2. The fourth-order valence-corrected chi connectivity index (χ4v) is 5.10. The second kappa shape index (κ2) is 6.37. The first kappa shape index (κ1) is 16.5. The van der Waals surface area contributed by atoms with Crippen molar-refractivity contribution in [3.8, 4) is 0 Å². The van der Waals surface area contributed by atoms with Gasteiger partial charge >= 0.3 is 0 Å². The molecule has 1 aromatic heterocycles. The minimum absolute atomic E-state index is 0.141. The average Bonchev–Trinajstić information content (AvgIpc) is 2.87. The number of β-amino-alcohol motifs (C(OH)–C–C–N with tert-alkyl or cyclic N) is 1. The zero-order valence-corrected chi connectivity index (χ0v) is 14.9. The number of aliphatic hydroxyl groups excluding tert-OH is 1. The maximum Gasteiger partial charge on any atom is 0.0682 e. The van der Waals surface area contributed by atoms with Gasteiger partial charge in [0.1, 0.15) is 0 Å². The van der Waals surface area contributed by atoms with Crippen molar-refractivity contribution in [2.24, 2.45) is 5.92 Å². The van der Waals surface area contributed by atoms with E-state index in [9.17, 15) is 5.11 Å². The number of aromatic nitrogens is 1. The van der Waals surface area contributed by atoms with Crippen molar-refractivity contribution in [2.75, 3.05) is 39.3 Å². The lowest BCUT2D eigenvalue weighted by molar-refractivity contribution is -0.117. The van der Waals surface area contributed by atoms with E-state index in [1.807, 2.05) is 18.5 Å². The number of hydrogen-bond donors (Lipinski definition) is 1. The summed E-state index contributed by atoms with van der Waals surface area (Å²) in [6.07, 6.45) is 4.61. The Hall–Kier alpha value is -1.01. The fourth-order valence-electron chi connectivity index (χ4n) is 5.10. The summed E-state index contributed by atoms with van der Waals surface area (Å²) in [4.78, 5) is 12.0. The molecule has 2 atom stereocenters. The maximum absolute atomic E-state index is 10.2. The van der Waals surface area contributed by atoms with E-state index in [4.69, 9.17) is 0 Å². The van der Waals surface area contributed by atoms with Crippen LogP contribution in [0.2, 0.25) is 0 Å². The molecule has 0 bridgehead atoms. The molecule has 3 fully saturated rings. The summed E-state index contributed by atoms with van der Waals surface area (Å²) in [6, 6.07) is 4.71. The van der Waals surface area contributed by atoms with Crippen LogP contribution in [-0.2, 0) is 6.54 Å². The first-order valence-electron chi connectivity index (χ1n) is 9.32. The second-order valence-electron chi connectivity index (χ2n) is 8.51. The quantitative estimate of drug-likeness (QED) is 0.894. The zero-order chi connectivity index (χ0) is 16.7. The van der Waals surface area contributed by atoms with Gasteiger partial charge in [0.15, 0.2) is 0 Å². The number of pyridine rings is 1. The first-order valence-corrected chi connectivity index (χ1v) is 9.32. The van der Waals surface area contributed by atoms with Crippen LogP contribution in [0.1, 0.15) is 25.8 Å². The van der Waals surface area contributed by atoms with Gasteiger partial charge in [0, 0.05) is 64.2 Å². The summed E-state index contributed by atoms with van der Waals surface area (Å²) in [5.41, 5.74) is 1.54. The molecule has 132 valence electrons. The summed E-state index contributed by atoms with van der Waals surface area (Å²) in [5.74, 6) is 0.700. The van der Waals surface area contributed by atoms with Crippen LogP contribution in [0.25, 0.3) is 0 Å². The normalized spacial score (nSPS) is 30.7. The third-order valence-electron chi connectivity index (χ3n) is 5.78. The van der Waals surface area contributed by atoms with Crippen LogP contribution in [0, 0.1) is 5.92 Å². The molecule has 0 amide bonds. The van der Waals surface area contributed by atoms with Crippen molar-refractivity contribution in [1.82, 2.24) is 19.7 Å². The first-order chi connectivity index (χ1) is 11.5. The number of likely N-dealkylation sites (tertiary alicyclic amines) is 1. The van der Waals surface area contributed by atoms with Gasteiger partial charge in [0.25, 0.3) is 0 Å². The van der Waals surface area contributed by atoms with Gasteiger partial charge < -0.3 is 5.11 Å². The van der Waals surface area contributed by atoms with Crippen molar-refractivity contribution in [3.63, 3.8) is 0 Å². The van der Waals surface area contributed by atoms with E-state index in [0.717, 1.165) is 45.7 Å². The standard InChI is InChI=1S/C19H30N4O/c1-15(2)8-21-10-17-6-18(24)11-23(17)19(12-21)13-22(14-19)9-16-4-3-5-20-7-16/h3-5,7,15,17-18,24H,6,8-14H2,1-2H3/t17-,18-/m1/s1. The lowest BCUT2D eigenvalue weighted by Gasteiger charge is -2.61. The van der Waals surface area contributed by atoms with Crippen molar-refractivity contribution < 1.29 is 5.11 Å². The molecule has 1 N–H and O–H groups in total. The van der Waals surface area contributed by atoms with E-state index in [1.54, 1.807) is 0 Å². The van der Waals surface area contributed by atoms with Crippen molar-refractivity contribution in [2.45, 2.75) is 44.5 Å². The van der Waals surface area contributed by atoms with Crippen LogP contribution in [-0.4, -0.2) is 81.7 Å². The minimum atomic E-state index is -0.141. The molecule has 3 aliphatic rings. The molecule has 5 heteroatoms. The van der Waals surface area contributed by atoms with E-state index in [2.05, 4.69) is 39.6 Å². The number of rotatable bonds is 4. The second-order valence-corrected chi connectivity index (χ2v) is 8.51. The summed E-state index contributed by atoms with van der Waals surface area (Å²) >= 11 is 0. The lowest BCUT2D eigenvalue weighted by atomic mass is 9.83. The third-order valence-corrected chi connectivity index (χ3v) is 5.78. The highest BCUT2D eigenvalue weighted by atomic mass is 16.3. The Bertz CT molecular complexity index is 558. The van der Waals surface area contributed by atoms with Crippen LogP contribution < -0.4 is 0 Å². The largest absolute Gasteiger partial charge is 0.392 e. The topological polar surface area (TPSA) is 42.8 Å². The Balaban J connectivity index is 1.44. The van der Waals surface area contributed by atoms with Crippen LogP contribution >= 0.6 is 0 Å². The van der Waals surface area contributed by atoms with E-state index in [1.165, 1.54) is 12.1 Å². The number of nitrogens with zero attached hydrogens (tertiary/aromatic N) is 4. The van der Waals surface area contributed by atoms with Gasteiger partial charge in [-0.15, -0.1) is 0 Å². The fraction of sp³-hybridized carbons (Fsp3) is 0.737. The van der Waals surface area contributed by atoms with Gasteiger partial charge in [-0.25, -0.2) is 0 Å². The molecule has 0 unspecified atom stereocenters. The molecule has 5 nitrogen and oxygen atoms in total. The van der Waals surface area contributed by atoms with Gasteiger partial charge in [-0.3, -0.25) is 19.7 Å². The van der Waals surface area contributed by atoms with E-state index in [0.29, 0.717) is 12.0 Å². The van der Waals surface area contributed by atoms with Crippen molar-refractivity contribution in [1.29, 1.82) is 0 Å². The van der Waals surface area contributed by atoms with Gasteiger partial charge in [-0.2, -0.15) is 0 Å². The van der Waals surface area contributed by atoms with Crippen molar-refractivity contribution >= 4 is 0 Å². The number of aliphatic hydroxyl groups is 1. The van der Waals surface area contributed by atoms with E-state index >= 15 is 0 Å². The van der Waals surface area contributed by atoms with Gasteiger partial charge in [0.2, 0.25) is 0 Å². The summed E-state index contributed by atoms with van der Waals surface area (Å²) < 4.78 is 0. The van der Waals surface area contributed by atoms with Crippen LogP contribution in [0.4, 0.5) is 0 Å². The molecule has 0 aromatic carbocycles. The molecule has 4 rings (SSSR count). The Morgan fingerprint density at radius 3 is 2.75 bits per heavy atom. The van der Waals surface area contributed by atoms with Crippen LogP contribution in [0.15, 0.2) is 24.5 Å². The Morgan fingerprint density at radius 1 is 1.25 bits per heavy atom. The predicted octanol–water partition coefficient (Wildman–Crippen LogP) is 1.04. The Labute approximate surface area is 145 Å². The number of hydrogen-bond acceptors (Lipinski definition) is 5. The number of piperazine rings is 1. The van der Waals surface area contributed by atoms with E-state index in [-0.39, 0.29) is 11.6 Å². The van der Waals surface area contributed by atoms with Crippen LogP contribution in [0.5, 0.6) is 0 Å². The van der Waals surface area contributed by atoms with Crippen molar-refractivity contribution in [3.05, 3.63) is 30.1 Å². The van der Waals surface area contributed by atoms with Gasteiger partial charge in [-0.1, -0.05) is 19.9 Å². The molecular weight excluding hydrogens is 300 g/mol. The highest BCUT2D eigenvalue weighted by Gasteiger charge is 2.55. The SMILES string of the molecule is CC(C)CN1C[C@H]2C[C@@H](O)CN2C2(C1)CN(Cc1cccnc1)C2. The summed E-state index contributed by atoms with van der Waals surface area (Å²) in [5, 5.41) is 10.2. The molecule has 4 heterocycles. The minimum Gasteiger partial charge on any atom is -0.392 e. The summed E-state index contributed by atoms with van der Waals surface area (Å²) in [6.45, 7) is 12.1. The molecular formula is C19H30N4O. The molecule has 1 spiro atoms. The molecule has 24 heavy (non-hydrogen) atoms. The monoisotopic (exact) mass is 330 g/mol. The van der Waals surface area contributed by atoms with E-state index < -0.39 is 0 Å². The molecule has 1 aromatic rings. The third kappa shape index (κ3) is 3.10. The maximum atomic E-state index is 10.2. The molecule has 3 aliphatic heterocycles. The van der Waals surface area contributed by atoms with Gasteiger partial charge in [-0.05, 0) is 24.0 Å². The molecule has 3 saturated heterocycles. The smallest absolute Gasteiger partial charge is 0.0682 e. The lowest BCUT2D eigenvalue weighted by Crippen LogP contribution is -2.77. The highest BCUT2D eigenvalue weighted by Crippen LogP contribution is 2.39. The average molecular weight is 330 g/mol. The highest BCUT2D eigenvalue weighted by molar-refractivity contribution is 5.16. The van der Waals surface area contributed by atoms with Crippen LogP contribution in [0.3, 0.4) is 0 Å². The summed E-state index contributed by atoms with van der Waals surface area (Å²) in [7, 11) is 0. The molecule has 0 radical (unpaired) electrons. The molecule has 0 aliphatic carbocycles. The zero-order valence-electron chi connectivity index (χ0n) is 14.9. The molecule has 0 saturated carbocycles. The Kier molecular flexibility index (Phi) is 4.37. The van der Waals surface area contributed by atoms with Gasteiger partial charge in [0.05, 0.1) is 11.6 Å². The predicted molar refractivity (Wildman–Crippen MR) is 94.6 cm³/mol. The Morgan fingerprint density at radius 2 is 2.04 bits per heavy atom.